The lowest BCUT2D eigenvalue weighted by Crippen LogP contribution is -2.52. The largest absolute Gasteiger partial charge is 0.483 e. The molecule has 50 heavy (non-hydrogen) atoms. The molecule has 2 bridgehead atoms. The average Bonchev–Trinajstić information content (AvgIpc) is 3.09. The Balaban J connectivity index is 1.36. The molecule has 0 saturated carbocycles. The highest BCUT2D eigenvalue weighted by Crippen LogP contribution is 2.48. The van der Waals surface area contributed by atoms with Gasteiger partial charge in [-0.1, -0.05) is 72.3 Å². The Morgan fingerprint density at radius 1 is 0.880 bits per heavy atom. The fourth-order valence-electron chi connectivity index (χ4n) is 7.79. The molecule has 3 aromatic carbocycles. The van der Waals surface area contributed by atoms with Gasteiger partial charge in [0.2, 0.25) is 0 Å². The van der Waals surface area contributed by atoms with Crippen LogP contribution in [0.2, 0.25) is 0 Å². The first-order valence-corrected chi connectivity index (χ1v) is 17.3. The van der Waals surface area contributed by atoms with E-state index >= 15 is 0 Å². The van der Waals surface area contributed by atoms with Crippen molar-refractivity contribution in [1.29, 1.82) is 0 Å². The number of benzene rings is 3. The molecule has 4 heterocycles. The van der Waals surface area contributed by atoms with Gasteiger partial charge in [0.1, 0.15) is 16.9 Å². The first-order chi connectivity index (χ1) is 24.0. The summed E-state index contributed by atoms with van der Waals surface area (Å²) in [7, 11) is 0. The number of hydrogen-bond donors (Lipinski definition) is 1. The lowest BCUT2D eigenvalue weighted by molar-refractivity contribution is -0.188. The van der Waals surface area contributed by atoms with Gasteiger partial charge in [0.25, 0.3) is 0 Å². The van der Waals surface area contributed by atoms with Crippen molar-refractivity contribution in [3.05, 3.63) is 134 Å². The van der Waals surface area contributed by atoms with Crippen molar-refractivity contribution in [1.82, 2.24) is 0 Å². The third-order valence-electron chi connectivity index (χ3n) is 10.4. The third-order valence-corrected chi connectivity index (χ3v) is 10.4. The van der Waals surface area contributed by atoms with Crippen LogP contribution >= 0.6 is 0 Å². The molecule has 1 N–H and O–H groups in total. The number of carbonyl (C=O) groups is 2. The molecule has 3 aliphatic heterocycles. The number of ether oxygens (including phenoxy) is 3. The van der Waals surface area contributed by atoms with E-state index in [1.54, 1.807) is 26.0 Å². The summed E-state index contributed by atoms with van der Waals surface area (Å²) in [5.74, 6) is -0.639. The smallest absolute Gasteiger partial charge is 0.336 e. The molecule has 8 nitrogen and oxygen atoms in total. The maximum absolute atomic E-state index is 14.3. The summed E-state index contributed by atoms with van der Waals surface area (Å²) in [6.45, 7) is 6.93. The van der Waals surface area contributed by atoms with Crippen LogP contribution in [-0.4, -0.2) is 28.8 Å². The van der Waals surface area contributed by atoms with E-state index in [4.69, 9.17) is 18.6 Å². The predicted molar refractivity (Wildman–Crippen MR) is 189 cm³/mol. The maximum atomic E-state index is 14.3. The molecule has 0 spiro atoms. The molecular formula is C42H42O8. The van der Waals surface area contributed by atoms with E-state index in [2.05, 4.69) is 48.6 Å². The normalized spacial score (nSPS) is 24.7. The number of esters is 2. The SMILES string of the molecule is CC(C)=C1CCc2ccc(cc2)[C@@H]2C=C[C@@H](c3ccccc3)C[C@H]2CC(=O)O[C@@H]2c3c(ccc4c(CO)cc(=O)oc34)OC(C)(C)[C@H]2OC1=O. The zero-order valence-corrected chi connectivity index (χ0v) is 28.8. The number of fused-ring (bicyclic) bond motifs is 11. The number of aryl methyl sites for hydroxylation is 1. The fourth-order valence-corrected chi connectivity index (χ4v) is 7.79. The number of aliphatic hydroxyl groups is 1. The van der Waals surface area contributed by atoms with Crippen LogP contribution in [0.4, 0.5) is 0 Å². The summed E-state index contributed by atoms with van der Waals surface area (Å²) in [4.78, 5) is 41.1. The van der Waals surface area contributed by atoms with Crippen LogP contribution < -0.4 is 10.4 Å². The molecule has 5 atom stereocenters. The fraction of sp³-hybridized carbons (Fsp3) is 0.357. The van der Waals surface area contributed by atoms with Crippen LogP contribution in [0.25, 0.3) is 11.0 Å². The first-order valence-electron chi connectivity index (χ1n) is 17.3. The Morgan fingerprint density at radius 3 is 2.36 bits per heavy atom. The number of hydrogen-bond acceptors (Lipinski definition) is 8. The van der Waals surface area contributed by atoms with Gasteiger partial charge >= 0.3 is 17.6 Å². The van der Waals surface area contributed by atoms with E-state index in [0.717, 1.165) is 23.1 Å². The quantitative estimate of drug-likeness (QED) is 0.0994. The first kappa shape index (κ1) is 33.5. The van der Waals surface area contributed by atoms with Crippen molar-refractivity contribution in [2.45, 2.75) is 89.6 Å². The van der Waals surface area contributed by atoms with Crippen LogP contribution in [0.3, 0.4) is 0 Å². The number of aliphatic hydroxyl groups excluding tert-OH is 1. The minimum atomic E-state index is -1.17. The van der Waals surface area contributed by atoms with Gasteiger partial charge in [-0.2, -0.15) is 0 Å². The Labute approximate surface area is 291 Å². The Hall–Kier alpha value is -4.95. The lowest BCUT2D eigenvalue weighted by atomic mass is 9.72. The molecule has 1 aromatic heterocycles. The van der Waals surface area contributed by atoms with E-state index < -0.39 is 42.0 Å². The number of carbonyl (C=O) groups excluding carboxylic acids is 2. The minimum absolute atomic E-state index is 0.0178. The van der Waals surface area contributed by atoms with E-state index in [1.165, 1.54) is 11.6 Å². The summed E-state index contributed by atoms with van der Waals surface area (Å²) in [6, 6.07) is 23.4. The molecule has 4 aliphatic rings. The van der Waals surface area contributed by atoms with Crippen molar-refractivity contribution in [2.75, 3.05) is 0 Å². The molecule has 0 radical (unpaired) electrons. The highest BCUT2D eigenvalue weighted by molar-refractivity contribution is 5.90. The Bertz CT molecular complexity index is 2050. The second kappa shape index (κ2) is 13.4. The molecule has 8 rings (SSSR count). The van der Waals surface area contributed by atoms with E-state index in [1.807, 2.05) is 32.0 Å². The van der Waals surface area contributed by atoms with Gasteiger partial charge in [0.15, 0.2) is 12.2 Å². The number of rotatable bonds is 2. The molecule has 258 valence electrons. The zero-order chi connectivity index (χ0) is 35.2. The second-order valence-corrected chi connectivity index (χ2v) is 14.4. The molecule has 8 heteroatoms. The number of allylic oxidation sites excluding steroid dienone is 3. The van der Waals surface area contributed by atoms with Gasteiger partial charge in [-0.15, -0.1) is 0 Å². The van der Waals surface area contributed by atoms with Crippen molar-refractivity contribution < 1.29 is 33.3 Å². The topological polar surface area (TPSA) is 112 Å². The Morgan fingerprint density at radius 2 is 1.64 bits per heavy atom. The van der Waals surface area contributed by atoms with Gasteiger partial charge in [-0.05, 0) is 87.3 Å². The van der Waals surface area contributed by atoms with Gasteiger partial charge in [0, 0.05) is 35.3 Å². The zero-order valence-electron chi connectivity index (χ0n) is 28.8. The molecule has 1 aliphatic carbocycles. The summed E-state index contributed by atoms with van der Waals surface area (Å²) < 4.78 is 24.9. The van der Waals surface area contributed by atoms with Gasteiger partial charge in [-0.3, -0.25) is 4.79 Å². The van der Waals surface area contributed by atoms with Crippen LogP contribution in [-0.2, 0) is 32.1 Å². The highest BCUT2D eigenvalue weighted by Gasteiger charge is 2.51. The van der Waals surface area contributed by atoms with Crippen LogP contribution in [0.15, 0.2) is 105 Å². The summed E-state index contributed by atoms with van der Waals surface area (Å²) >= 11 is 0. The van der Waals surface area contributed by atoms with Crippen LogP contribution in [0.5, 0.6) is 5.75 Å². The highest BCUT2D eigenvalue weighted by atomic mass is 16.6. The van der Waals surface area contributed by atoms with Crippen molar-refractivity contribution in [3.63, 3.8) is 0 Å². The van der Waals surface area contributed by atoms with Crippen LogP contribution in [0.1, 0.15) is 92.7 Å². The molecule has 0 unspecified atom stereocenters. The summed E-state index contributed by atoms with van der Waals surface area (Å²) in [5, 5.41) is 10.6. The maximum Gasteiger partial charge on any atom is 0.336 e. The minimum Gasteiger partial charge on any atom is -0.483 e. The molecule has 4 aromatic rings. The summed E-state index contributed by atoms with van der Waals surface area (Å²) in [6.07, 6.45) is 4.13. The van der Waals surface area contributed by atoms with E-state index in [9.17, 15) is 19.5 Å². The lowest BCUT2D eigenvalue weighted by Gasteiger charge is -2.43. The van der Waals surface area contributed by atoms with E-state index in [-0.39, 0.29) is 35.3 Å². The van der Waals surface area contributed by atoms with E-state index in [0.29, 0.717) is 35.1 Å². The molecular weight excluding hydrogens is 632 g/mol. The third kappa shape index (κ3) is 6.40. The van der Waals surface area contributed by atoms with Crippen molar-refractivity contribution in [2.24, 2.45) is 5.92 Å². The average molecular weight is 675 g/mol. The molecule has 0 fully saturated rings. The van der Waals surface area contributed by atoms with Gasteiger partial charge in [-0.25, -0.2) is 9.59 Å². The predicted octanol–water partition coefficient (Wildman–Crippen LogP) is 7.77. The molecule has 0 saturated heterocycles. The summed E-state index contributed by atoms with van der Waals surface area (Å²) in [5.41, 5.74) is 3.70. The van der Waals surface area contributed by atoms with Crippen molar-refractivity contribution in [3.8, 4) is 5.75 Å². The molecule has 0 amide bonds. The Kier molecular flexibility index (Phi) is 8.99. The van der Waals surface area contributed by atoms with Crippen molar-refractivity contribution >= 4 is 22.9 Å². The van der Waals surface area contributed by atoms with Gasteiger partial charge in [0.05, 0.1) is 12.2 Å². The van der Waals surface area contributed by atoms with Crippen LogP contribution in [0, 0.1) is 5.92 Å². The van der Waals surface area contributed by atoms with Gasteiger partial charge < -0.3 is 23.7 Å². The second-order valence-electron chi connectivity index (χ2n) is 14.4. The monoisotopic (exact) mass is 674 g/mol. The standard InChI is InChI=1S/C42H42O8/c1-24(2)31-16-12-25-10-13-27(14-11-25)32-17-15-28(26-8-6-5-7-9-26)20-29(32)21-35(44)48-39-37-34(50-42(3,4)40(39)49-41(31)46)19-18-33-30(23-43)22-36(45)47-38(33)37/h5-11,13-15,17-19,22,28-29,32,39-40,43H,12,16,20-21,23H2,1-4H3/t28-,29+,32+,39-,40+/m1/s1.